The van der Waals surface area contributed by atoms with Crippen LogP contribution in [0.25, 0.3) is 0 Å². The molecule has 1 N–H and O–H groups in total. The van der Waals surface area contributed by atoms with Gasteiger partial charge in [0.15, 0.2) is 0 Å². The number of hydrogen-bond donors (Lipinski definition) is 1. The molecule has 1 heterocycles. The van der Waals surface area contributed by atoms with Gasteiger partial charge in [-0.2, -0.15) is 0 Å². The highest BCUT2D eigenvalue weighted by molar-refractivity contribution is 6.34. The number of rotatable bonds is 2. The summed E-state index contributed by atoms with van der Waals surface area (Å²) >= 11 is 6.15. The zero-order chi connectivity index (χ0) is 16.4. The van der Waals surface area contributed by atoms with Crippen molar-refractivity contribution in [2.75, 3.05) is 25.5 Å². The first-order valence-corrected chi connectivity index (χ1v) is 8.05. The van der Waals surface area contributed by atoms with Crippen molar-refractivity contribution in [3.63, 3.8) is 0 Å². The first kappa shape index (κ1) is 15.9. The second kappa shape index (κ2) is 6.62. The third kappa shape index (κ3) is 3.34. The van der Waals surface area contributed by atoms with Crippen molar-refractivity contribution in [1.29, 1.82) is 0 Å². The Bertz CT molecular complexity index is 643. The highest BCUT2D eigenvalue weighted by atomic mass is 35.5. The molecule has 0 bridgehead atoms. The molecule has 1 fully saturated rings. The highest BCUT2D eigenvalue weighted by Crippen LogP contribution is 2.33. The lowest BCUT2D eigenvalue weighted by atomic mass is 9.86. The van der Waals surface area contributed by atoms with Gasteiger partial charge in [-0.1, -0.05) is 23.8 Å². The Morgan fingerprint density at radius 3 is 2.43 bits per heavy atom. The predicted molar refractivity (Wildman–Crippen MR) is 88.7 cm³/mol. The minimum absolute atomic E-state index is 0.146. The van der Waals surface area contributed by atoms with Crippen molar-refractivity contribution < 1.29 is 14.3 Å². The third-order valence-corrected chi connectivity index (χ3v) is 4.85. The van der Waals surface area contributed by atoms with Crippen LogP contribution in [0.5, 0.6) is 0 Å². The Morgan fingerprint density at radius 2 is 1.87 bits per heavy atom. The Labute approximate surface area is 140 Å². The molecule has 0 spiro atoms. The van der Waals surface area contributed by atoms with Gasteiger partial charge in [0.25, 0.3) is 0 Å². The van der Waals surface area contributed by atoms with Crippen LogP contribution in [0.3, 0.4) is 0 Å². The van der Waals surface area contributed by atoms with Crippen LogP contribution >= 0.6 is 11.6 Å². The van der Waals surface area contributed by atoms with Gasteiger partial charge < -0.3 is 15.0 Å². The van der Waals surface area contributed by atoms with E-state index >= 15 is 0 Å². The molecule has 0 radical (unpaired) electrons. The topological polar surface area (TPSA) is 58.6 Å². The normalized spacial score (nSPS) is 22.6. The van der Waals surface area contributed by atoms with E-state index in [0.29, 0.717) is 28.1 Å². The largest absolute Gasteiger partial charge is 0.465 e. The summed E-state index contributed by atoms with van der Waals surface area (Å²) in [6, 6.07) is 4.56. The minimum atomic E-state index is -0.458. The number of ether oxygens (including phenoxy) is 1. The van der Waals surface area contributed by atoms with Crippen LogP contribution in [0.15, 0.2) is 30.4 Å². The lowest BCUT2D eigenvalue weighted by molar-refractivity contribution is 0.0601. The summed E-state index contributed by atoms with van der Waals surface area (Å²) in [5.74, 6) is 0.659. The summed E-state index contributed by atoms with van der Waals surface area (Å²) in [7, 11) is 1.31. The number of benzene rings is 1. The van der Waals surface area contributed by atoms with E-state index in [9.17, 15) is 9.59 Å². The van der Waals surface area contributed by atoms with Crippen molar-refractivity contribution in [2.45, 2.75) is 12.8 Å². The lowest BCUT2D eigenvalue weighted by Gasteiger charge is -2.18. The first-order chi connectivity index (χ1) is 11.1. The minimum Gasteiger partial charge on any atom is -0.465 e. The molecule has 2 atom stereocenters. The summed E-state index contributed by atoms with van der Waals surface area (Å²) in [6.07, 6.45) is 6.49. The van der Waals surface area contributed by atoms with Gasteiger partial charge in [-0.3, -0.25) is 0 Å². The van der Waals surface area contributed by atoms with E-state index in [-0.39, 0.29) is 6.03 Å². The maximum atomic E-state index is 12.4. The molecular formula is C17H19ClN2O3. The van der Waals surface area contributed by atoms with Crippen LogP contribution in [0, 0.1) is 11.8 Å². The fraction of sp³-hybridized carbons (Fsp3) is 0.412. The SMILES string of the molecule is COC(=O)c1ccc(NC(=O)N2C[C@H]3CC=CC[C@H]3C2)c(Cl)c1. The van der Waals surface area contributed by atoms with Crippen LogP contribution in [-0.4, -0.2) is 37.1 Å². The molecule has 3 rings (SSSR count). The number of methoxy groups -OCH3 is 1. The molecular weight excluding hydrogens is 316 g/mol. The van der Waals surface area contributed by atoms with E-state index in [1.807, 2.05) is 4.90 Å². The van der Waals surface area contributed by atoms with E-state index in [1.165, 1.54) is 13.2 Å². The van der Waals surface area contributed by atoms with Crippen molar-refractivity contribution in [3.05, 3.63) is 40.9 Å². The molecule has 1 saturated heterocycles. The summed E-state index contributed by atoms with van der Waals surface area (Å²) in [6.45, 7) is 1.55. The van der Waals surface area contributed by atoms with Gasteiger partial charge in [0.1, 0.15) is 0 Å². The summed E-state index contributed by atoms with van der Waals surface area (Å²) in [4.78, 5) is 25.7. The van der Waals surface area contributed by atoms with Crippen molar-refractivity contribution in [1.82, 2.24) is 4.90 Å². The first-order valence-electron chi connectivity index (χ1n) is 7.67. The number of amides is 2. The standard InChI is InChI=1S/C17H19ClN2O3/c1-23-16(21)11-6-7-15(14(18)8-11)19-17(22)20-9-12-4-2-3-5-13(12)10-20/h2-3,6-8,12-13H,4-5,9-10H2,1H3,(H,19,22)/t12-,13+. The average molecular weight is 335 g/mol. The molecule has 1 aromatic rings. The maximum Gasteiger partial charge on any atom is 0.337 e. The molecule has 2 aliphatic rings. The van der Waals surface area contributed by atoms with Crippen LogP contribution < -0.4 is 5.32 Å². The van der Waals surface area contributed by atoms with Gasteiger partial charge in [0.2, 0.25) is 0 Å². The number of hydrogen-bond acceptors (Lipinski definition) is 3. The number of fused-ring (bicyclic) bond motifs is 1. The number of carbonyl (C=O) groups is 2. The van der Waals surface area contributed by atoms with E-state index in [1.54, 1.807) is 12.1 Å². The zero-order valence-corrected chi connectivity index (χ0v) is 13.7. The number of allylic oxidation sites excluding steroid dienone is 2. The average Bonchev–Trinajstić information content (AvgIpc) is 3.00. The summed E-state index contributed by atoms with van der Waals surface area (Å²) in [5.41, 5.74) is 0.853. The number of halogens is 1. The van der Waals surface area contributed by atoms with Crippen molar-refractivity contribution >= 4 is 29.3 Å². The van der Waals surface area contributed by atoms with Gasteiger partial charge in [-0.15, -0.1) is 0 Å². The predicted octanol–water partition coefficient (Wildman–Crippen LogP) is 3.56. The van der Waals surface area contributed by atoms with Gasteiger partial charge in [0, 0.05) is 13.1 Å². The molecule has 1 aliphatic heterocycles. The lowest BCUT2D eigenvalue weighted by Crippen LogP contribution is -2.33. The number of nitrogens with one attached hydrogen (secondary N) is 1. The maximum absolute atomic E-state index is 12.4. The van der Waals surface area contributed by atoms with Crippen LogP contribution in [-0.2, 0) is 4.74 Å². The smallest absolute Gasteiger partial charge is 0.337 e. The number of urea groups is 1. The number of esters is 1. The van der Waals surface area contributed by atoms with Gasteiger partial charge in [-0.25, -0.2) is 9.59 Å². The van der Waals surface area contributed by atoms with E-state index in [2.05, 4.69) is 22.2 Å². The number of nitrogens with zero attached hydrogens (tertiary/aromatic N) is 1. The van der Waals surface area contributed by atoms with Crippen LogP contribution in [0.1, 0.15) is 23.2 Å². The molecule has 1 aromatic carbocycles. The van der Waals surface area contributed by atoms with Crippen molar-refractivity contribution in [2.24, 2.45) is 11.8 Å². The van der Waals surface area contributed by atoms with Crippen LogP contribution in [0.4, 0.5) is 10.5 Å². The third-order valence-electron chi connectivity index (χ3n) is 4.54. The molecule has 1 aliphatic carbocycles. The molecule has 0 aromatic heterocycles. The Kier molecular flexibility index (Phi) is 4.57. The van der Waals surface area contributed by atoms with Crippen molar-refractivity contribution in [3.8, 4) is 0 Å². The summed E-state index contributed by atoms with van der Waals surface area (Å²) in [5, 5.41) is 3.15. The molecule has 5 nitrogen and oxygen atoms in total. The molecule has 6 heteroatoms. The van der Waals surface area contributed by atoms with E-state index < -0.39 is 5.97 Å². The number of carbonyl (C=O) groups excluding carboxylic acids is 2. The second-order valence-corrected chi connectivity index (χ2v) is 6.39. The quantitative estimate of drug-likeness (QED) is 0.664. The summed E-state index contributed by atoms with van der Waals surface area (Å²) < 4.78 is 4.65. The molecule has 0 unspecified atom stereocenters. The van der Waals surface area contributed by atoms with Gasteiger partial charge in [0.05, 0.1) is 23.4 Å². The monoisotopic (exact) mass is 334 g/mol. The van der Waals surface area contributed by atoms with E-state index in [0.717, 1.165) is 25.9 Å². The Morgan fingerprint density at radius 1 is 1.22 bits per heavy atom. The molecule has 23 heavy (non-hydrogen) atoms. The molecule has 2 amide bonds. The van der Waals surface area contributed by atoms with E-state index in [4.69, 9.17) is 11.6 Å². The Hall–Kier alpha value is -2.01. The Balaban J connectivity index is 1.65. The highest BCUT2D eigenvalue weighted by Gasteiger charge is 2.35. The van der Waals surface area contributed by atoms with Gasteiger partial charge in [-0.05, 0) is 42.9 Å². The molecule has 122 valence electrons. The number of likely N-dealkylation sites (tertiary alicyclic amines) is 1. The fourth-order valence-corrected chi connectivity index (χ4v) is 3.46. The zero-order valence-electron chi connectivity index (χ0n) is 12.9. The number of anilines is 1. The van der Waals surface area contributed by atoms with Gasteiger partial charge >= 0.3 is 12.0 Å². The fourth-order valence-electron chi connectivity index (χ4n) is 3.24. The second-order valence-electron chi connectivity index (χ2n) is 5.98. The molecule has 0 saturated carbocycles. The van der Waals surface area contributed by atoms with Crippen LogP contribution in [0.2, 0.25) is 5.02 Å².